The zero-order valence-electron chi connectivity index (χ0n) is 10.4. The topological polar surface area (TPSA) is 43.2 Å². The number of aryl methyl sites for hydroxylation is 1. The van der Waals surface area contributed by atoms with Gasteiger partial charge in [-0.05, 0) is 13.3 Å². The number of piperazine rings is 1. The van der Waals surface area contributed by atoms with Crippen LogP contribution in [0.5, 0.6) is 0 Å². The summed E-state index contributed by atoms with van der Waals surface area (Å²) in [6, 6.07) is 2.45. The van der Waals surface area contributed by atoms with E-state index >= 15 is 0 Å². The number of rotatable bonds is 3. The molecular weight excluding hydrogens is 232 g/mol. The number of anilines is 1. The lowest BCUT2D eigenvalue weighted by Gasteiger charge is -2.36. The highest BCUT2D eigenvalue weighted by Gasteiger charge is 2.23. The Morgan fingerprint density at radius 2 is 2.18 bits per heavy atom. The van der Waals surface area contributed by atoms with E-state index in [2.05, 4.69) is 33.2 Å². The fraction of sp³-hybridized carbons (Fsp3) is 0.667. The minimum Gasteiger partial charge on any atom is -0.346 e. The van der Waals surface area contributed by atoms with E-state index < -0.39 is 0 Å². The van der Waals surface area contributed by atoms with Crippen LogP contribution in [-0.2, 0) is 0 Å². The molecule has 1 aliphatic rings. The number of aromatic nitrogens is 1. The maximum atomic E-state index is 9.05. The van der Waals surface area contributed by atoms with E-state index in [9.17, 15) is 0 Å². The van der Waals surface area contributed by atoms with Gasteiger partial charge in [0.1, 0.15) is 0 Å². The van der Waals surface area contributed by atoms with Crippen molar-refractivity contribution in [2.45, 2.75) is 26.3 Å². The quantitative estimate of drug-likeness (QED) is 0.821. The molecule has 2 heterocycles. The Balaban J connectivity index is 1.92. The molecule has 1 aliphatic heterocycles. The monoisotopic (exact) mass is 250 g/mol. The molecule has 5 heteroatoms. The van der Waals surface area contributed by atoms with Crippen LogP contribution in [0.2, 0.25) is 0 Å². The van der Waals surface area contributed by atoms with Gasteiger partial charge in [0.25, 0.3) is 0 Å². The lowest BCUT2D eigenvalue weighted by Crippen LogP contribution is -2.49. The van der Waals surface area contributed by atoms with Gasteiger partial charge in [-0.2, -0.15) is 5.26 Å². The summed E-state index contributed by atoms with van der Waals surface area (Å²) >= 11 is 1.71. The number of nitriles is 1. The van der Waals surface area contributed by atoms with Crippen molar-refractivity contribution in [3.05, 3.63) is 11.1 Å². The van der Waals surface area contributed by atoms with Crippen LogP contribution in [0.25, 0.3) is 0 Å². The minimum absolute atomic E-state index is 0.0789. The zero-order chi connectivity index (χ0) is 12.3. The molecule has 0 aromatic carbocycles. The summed E-state index contributed by atoms with van der Waals surface area (Å²) in [7, 11) is 0. The maximum Gasteiger partial charge on any atom is 0.185 e. The molecule has 1 aromatic rings. The second-order valence-electron chi connectivity index (χ2n) is 4.35. The Bertz CT molecular complexity index is 401. The summed E-state index contributed by atoms with van der Waals surface area (Å²) in [6.45, 7) is 7.98. The van der Waals surface area contributed by atoms with Crippen LogP contribution in [0.4, 0.5) is 5.13 Å². The van der Waals surface area contributed by atoms with Crippen molar-refractivity contribution in [3.8, 4) is 6.07 Å². The summed E-state index contributed by atoms with van der Waals surface area (Å²) in [4.78, 5) is 9.10. The first kappa shape index (κ1) is 12.3. The van der Waals surface area contributed by atoms with Gasteiger partial charge in [-0.1, -0.05) is 6.92 Å². The molecule has 1 atom stereocenters. The van der Waals surface area contributed by atoms with E-state index in [-0.39, 0.29) is 6.04 Å². The largest absolute Gasteiger partial charge is 0.346 e. The average molecular weight is 250 g/mol. The minimum atomic E-state index is 0.0789. The molecule has 1 saturated heterocycles. The molecule has 0 saturated carbocycles. The van der Waals surface area contributed by atoms with Crippen molar-refractivity contribution in [1.82, 2.24) is 9.88 Å². The Hall–Kier alpha value is -1.12. The van der Waals surface area contributed by atoms with E-state index in [4.69, 9.17) is 5.26 Å². The Morgan fingerprint density at radius 1 is 1.47 bits per heavy atom. The zero-order valence-corrected chi connectivity index (χ0v) is 11.2. The van der Waals surface area contributed by atoms with Crippen LogP contribution in [0.3, 0.4) is 0 Å². The lowest BCUT2D eigenvalue weighted by atomic mass is 10.2. The van der Waals surface area contributed by atoms with Crippen molar-refractivity contribution < 1.29 is 0 Å². The van der Waals surface area contributed by atoms with E-state index in [0.29, 0.717) is 0 Å². The van der Waals surface area contributed by atoms with Gasteiger partial charge < -0.3 is 4.90 Å². The highest BCUT2D eigenvalue weighted by atomic mass is 32.1. The number of nitrogens with zero attached hydrogens (tertiary/aromatic N) is 4. The average Bonchev–Trinajstić information content (AvgIpc) is 2.78. The molecule has 1 fully saturated rings. The third-order valence-electron chi connectivity index (χ3n) is 3.17. The Kier molecular flexibility index (Phi) is 3.97. The molecule has 0 amide bonds. The molecule has 0 bridgehead atoms. The smallest absolute Gasteiger partial charge is 0.185 e. The summed E-state index contributed by atoms with van der Waals surface area (Å²) in [5.41, 5.74) is 1.09. The standard InChI is InChI=1S/C12H18N4S/c1-3-11(8-13)15-4-6-16(7-5-15)12-14-10(2)9-17-12/h9,11H,3-7H2,1-2H3. The Morgan fingerprint density at radius 3 is 2.65 bits per heavy atom. The molecule has 0 spiro atoms. The van der Waals surface area contributed by atoms with E-state index in [0.717, 1.165) is 43.4 Å². The molecule has 0 radical (unpaired) electrons. The van der Waals surface area contributed by atoms with Crippen molar-refractivity contribution in [1.29, 1.82) is 5.26 Å². The summed E-state index contributed by atoms with van der Waals surface area (Å²) < 4.78 is 0. The first-order valence-corrected chi connectivity index (χ1v) is 6.93. The van der Waals surface area contributed by atoms with Crippen LogP contribution in [0.15, 0.2) is 5.38 Å². The number of thiazole rings is 1. The molecule has 0 N–H and O–H groups in total. The third-order valence-corrected chi connectivity index (χ3v) is 4.19. The highest BCUT2D eigenvalue weighted by molar-refractivity contribution is 7.13. The lowest BCUT2D eigenvalue weighted by molar-refractivity contribution is 0.216. The van der Waals surface area contributed by atoms with Gasteiger partial charge in [0.15, 0.2) is 5.13 Å². The van der Waals surface area contributed by atoms with Crippen molar-refractivity contribution in [3.63, 3.8) is 0 Å². The maximum absolute atomic E-state index is 9.05. The van der Waals surface area contributed by atoms with Gasteiger partial charge >= 0.3 is 0 Å². The van der Waals surface area contributed by atoms with Gasteiger partial charge in [-0.25, -0.2) is 4.98 Å². The molecule has 92 valence electrons. The molecule has 1 aromatic heterocycles. The number of hydrogen-bond donors (Lipinski definition) is 0. The fourth-order valence-corrected chi connectivity index (χ4v) is 3.00. The molecule has 17 heavy (non-hydrogen) atoms. The third kappa shape index (κ3) is 2.76. The van der Waals surface area contributed by atoms with Crippen LogP contribution in [0.1, 0.15) is 19.0 Å². The molecule has 1 unspecified atom stereocenters. The van der Waals surface area contributed by atoms with E-state index in [1.54, 1.807) is 11.3 Å². The first-order chi connectivity index (χ1) is 8.24. The van der Waals surface area contributed by atoms with E-state index in [1.807, 2.05) is 6.92 Å². The molecule has 2 rings (SSSR count). The van der Waals surface area contributed by atoms with Crippen LogP contribution in [0, 0.1) is 18.3 Å². The molecular formula is C12H18N4S. The van der Waals surface area contributed by atoms with Crippen molar-refractivity contribution in [2.75, 3.05) is 31.1 Å². The highest BCUT2D eigenvalue weighted by Crippen LogP contribution is 2.22. The van der Waals surface area contributed by atoms with Gasteiger partial charge in [-0.3, -0.25) is 4.90 Å². The Labute approximate surface area is 106 Å². The second-order valence-corrected chi connectivity index (χ2v) is 5.18. The summed E-state index contributed by atoms with van der Waals surface area (Å²) in [5.74, 6) is 0. The van der Waals surface area contributed by atoms with Crippen molar-refractivity contribution in [2.24, 2.45) is 0 Å². The fourth-order valence-electron chi connectivity index (χ4n) is 2.14. The molecule has 0 aliphatic carbocycles. The van der Waals surface area contributed by atoms with Crippen molar-refractivity contribution >= 4 is 16.5 Å². The van der Waals surface area contributed by atoms with Gasteiger partial charge in [0.2, 0.25) is 0 Å². The predicted molar refractivity (Wildman–Crippen MR) is 70.3 cm³/mol. The van der Waals surface area contributed by atoms with Gasteiger partial charge in [-0.15, -0.1) is 11.3 Å². The normalized spacial score (nSPS) is 19.0. The number of hydrogen-bond acceptors (Lipinski definition) is 5. The van der Waals surface area contributed by atoms with Gasteiger partial charge in [0, 0.05) is 31.6 Å². The van der Waals surface area contributed by atoms with Crippen LogP contribution >= 0.6 is 11.3 Å². The molecule has 4 nitrogen and oxygen atoms in total. The van der Waals surface area contributed by atoms with Gasteiger partial charge in [0.05, 0.1) is 17.8 Å². The summed E-state index contributed by atoms with van der Waals surface area (Å²) in [5, 5.41) is 12.3. The van der Waals surface area contributed by atoms with E-state index in [1.165, 1.54) is 0 Å². The SMILES string of the molecule is CCC(C#N)N1CCN(c2nc(C)cs2)CC1. The van der Waals surface area contributed by atoms with Crippen LogP contribution in [-0.4, -0.2) is 42.1 Å². The predicted octanol–water partition coefficient (Wildman–Crippen LogP) is 1.88. The summed E-state index contributed by atoms with van der Waals surface area (Å²) in [6.07, 6.45) is 0.910. The second kappa shape index (κ2) is 5.48. The first-order valence-electron chi connectivity index (χ1n) is 6.05. The van der Waals surface area contributed by atoms with Crippen LogP contribution < -0.4 is 4.90 Å².